The minimum absolute atomic E-state index is 0. The standard InChI is InChI=1S/C24H16N2O5.Na/c27-20-11-10-15(23(29)17-7-3-4-8-18(17)24(30)31)13-19(20)25-26-22-16-6-2-1-5-14(16)9-12-21(22)28;/h1-13,27-28H,(H,30,31);/q;+1/p-1. The number of fused-ring (bicyclic) bond motifs is 1. The zero-order valence-corrected chi connectivity index (χ0v) is 19.0. The fraction of sp³-hybridized carbons (Fsp3) is 0. The molecule has 0 saturated carbocycles. The maximum atomic E-state index is 12.9. The molecule has 4 aromatic rings. The molecule has 7 nitrogen and oxygen atoms in total. The molecule has 0 spiro atoms. The molecule has 0 bridgehead atoms. The third kappa shape index (κ3) is 4.55. The van der Waals surface area contributed by atoms with E-state index in [4.69, 9.17) is 0 Å². The molecule has 32 heavy (non-hydrogen) atoms. The van der Waals surface area contributed by atoms with Crippen molar-refractivity contribution in [2.75, 3.05) is 0 Å². The van der Waals surface area contributed by atoms with Gasteiger partial charge in [-0.1, -0.05) is 66.4 Å². The first-order valence-electron chi connectivity index (χ1n) is 9.26. The third-order valence-electron chi connectivity index (χ3n) is 4.76. The first kappa shape index (κ1) is 23.1. The van der Waals surface area contributed by atoms with Crippen molar-refractivity contribution in [3.8, 4) is 11.5 Å². The fourth-order valence-electron chi connectivity index (χ4n) is 3.21. The van der Waals surface area contributed by atoms with Crippen molar-refractivity contribution in [2.45, 2.75) is 0 Å². The van der Waals surface area contributed by atoms with Gasteiger partial charge in [-0.3, -0.25) is 4.79 Å². The number of ketones is 1. The van der Waals surface area contributed by atoms with Crippen LogP contribution in [-0.2, 0) is 0 Å². The molecule has 0 aliphatic heterocycles. The number of phenolic OH excluding ortho intramolecular Hbond substituents is 1. The average Bonchev–Trinajstić information content (AvgIpc) is 2.79. The van der Waals surface area contributed by atoms with E-state index >= 15 is 0 Å². The van der Waals surface area contributed by atoms with Crippen molar-refractivity contribution in [1.82, 2.24) is 0 Å². The van der Waals surface area contributed by atoms with Crippen LogP contribution in [0.1, 0.15) is 26.3 Å². The largest absolute Gasteiger partial charge is 1.00 e. The van der Waals surface area contributed by atoms with Gasteiger partial charge in [-0.25, -0.2) is 4.79 Å². The zero-order valence-electron chi connectivity index (χ0n) is 17.0. The van der Waals surface area contributed by atoms with E-state index in [9.17, 15) is 24.9 Å². The molecular weight excluding hydrogens is 419 g/mol. The van der Waals surface area contributed by atoms with Gasteiger partial charge < -0.3 is 15.3 Å². The van der Waals surface area contributed by atoms with Gasteiger partial charge in [-0.2, -0.15) is 5.11 Å². The Hall–Kier alpha value is -3.52. The molecule has 0 aliphatic carbocycles. The van der Waals surface area contributed by atoms with Gasteiger partial charge in [0, 0.05) is 16.5 Å². The topological polar surface area (TPSA) is 122 Å². The number of carboxylic acid groups (broad SMARTS) is 1. The summed E-state index contributed by atoms with van der Waals surface area (Å²) in [7, 11) is 0. The molecule has 8 heteroatoms. The molecular formula is C24H15N2NaO5. The van der Waals surface area contributed by atoms with E-state index in [1.165, 1.54) is 42.5 Å². The van der Waals surface area contributed by atoms with Crippen LogP contribution in [0.5, 0.6) is 11.5 Å². The number of aromatic hydroxyl groups is 1. The van der Waals surface area contributed by atoms with Gasteiger partial charge in [0.05, 0.1) is 11.3 Å². The molecule has 0 atom stereocenters. The van der Waals surface area contributed by atoms with Crippen LogP contribution in [0.2, 0.25) is 0 Å². The maximum absolute atomic E-state index is 12.9. The molecule has 4 aromatic carbocycles. The van der Waals surface area contributed by atoms with Crippen LogP contribution in [0, 0.1) is 0 Å². The number of benzene rings is 4. The fourth-order valence-corrected chi connectivity index (χ4v) is 3.21. The first-order valence-corrected chi connectivity index (χ1v) is 9.26. The Morgan fingerprint density at radius 1 is 0.812 bits per heavy atom. The molecule has 0 saturated heterocycles. The summed E-state index contributed by atoms with van der Waals surface area (Å²) in [6.45, 7) is 0. The van der Waals surface area contributed by atoms with Crippen molar-refractivity contribution in [3.63, 3.8) is 0 Å². The average molecular weight is 434 g/mol. The summed E-state index contributed by atoms with van der Waals surface area (Å²) in [6, 6.07) is 20.1. The van der Waals surface area contributed by atoms with Crippen molar-refractivity contribution >= 4 is 33.9 Å². The Balaban J connectivity index is 0.00000289. The van der Waals surface area contributed by atoms with Gasteiger partial charge in [0.25, 0.3) is 0 Å². The second-order valence-corrected chi connectivity index (χ2v) is 6.72. The molecule has 0 aromatic heterocycles. The predicted molar refractivity (Wildman–Crippen MR) is 113 cm³/mol. The van der Waals surface area contributed by atoms with Crippen molar-refractivity contribution < 1.29 is 54.5 Å². The Morgan fingerprint density at radius 3 is 2.25 bits per heavy atom. The first-order chi connectivity index (χ1) is 15.0. The summed E-state index contributed by atoms with van der Waals surface area (Å²) in [5.74, 6) is -2.35. The van der Waals surface area contributed by atoms with Crippen molar-refractivity contribution in [2.24, 2.45) is 10.2 Å². The van der Waals surface area contributed by atoms with E-state index in [1.54, 1.807) is 24.3 Å². The Morgan fingerprint density at radius 2 is 1.50 bits per heavy atom. The smallest absolute Gasteiger partial charge is 0.871 e. The minimum Gasteiger partial charge on any atom is -0.871 e. The number of phenols is 1. The molecule has 0 radical (unpaired) electrons. The number of azo groups is 1. The van der Waals surface area contributed by atoms with Gasteiger partial charge in [0.2, 0.25) is 0 Å². The summed E-state index contributed by atoms with van der Waals surface area (Å²) in [4.78, 5) is 24.3. The van der Waals surface area contributed by atoms with E-state index in [0.29, 0.717) is 5.39 Å². The molecule has 0 amide bonds. The summed E-state index contributed by atoms with van der Waals surface area (Å²) in [5, 5.41) is 41.3. The summed E-state index contributed by atoms with van der Waals surface area (Å²) in [5.41, 5.74) is 0.0617. The van der Waals surface area contributed by atoms with E-state index < -0.39 is 17.5 Å². The van der Waals surface area contributed by atoms with Gasteiger partial charge in [-0.15, -0.1) is 5.11 Å². The van der Waals surface area contributed by atoms with E-state index in [0.717, 1.165) is 5.39 Å². The van der Waals surface area contributed by atoms with E-state index in [2.05, 4.69) is 10.2 Å². The number of rotatable bonds is 5. The van der Waals surface area contributed by atoms with E-state index in [1.807, 2.05) is 12.1 Å². The number of hydrogen-bond acceptors (Lipinski definition) is 6. The normalized spacial score (nSPS) is 10.8. The van der Waals surface area contributed by atoms with Crippen molar-refractivity contribution in [3.05, 3.63) is 95.6 Å². The van der Waals surface area contributed by atoms with Gasteiger partial charge in [0.15, 0.2) is 5.78 Å². The Labute approximate surface area is 205 Å². The number of hydrogen-bond donors (Lipinski definition) is 2. The Bertz CT molecular complexity index is 1370. The molecule has 0 unspecified atom stereocenters. The molecule has 2 N–H and O–H groups in total. The summed E-state index contributed by atoms with van der Waals surface area (Å²) in [6.07, 6.45) is 0. The minimum atomic E-state index is -1.23. The number of carbonyl (C=O) groups excluding carboxylic acids is 1. The SMILES string of the molecule is O=C(O)c1ccccc1C(=O)c1ccc([O-])c(N=Nc2c(O)ccc3ccccc23)c1.[Na+]. The second-order valence-electron chi connectivity index (χ2n) is 6.72. The predicted octanol–water partition coefficient (Wildman–Crippen LogP) is 1.97. The van der Waals surface area contributed by atoms with Crippen LogP contribution in [0.4, 0.5) is 11.4 Å². The van der Waals surface area contributed by atoms with Crippen LogP contribution >= 0.6 is 0 Å². The van der Waals surface area contributed by atoms with Crippen LogP contribution in [0.25, 0.3) is 10.8 Å². The van der Waals surface area contributed by atoms with Crippen LogP contribution in [-0.4, -0.2) is 22.0 Å². The monoisotopic (exact) mass is 434 g/mol. The van der Waals surface area contributed by atoms with Gasteiger partial charge >= 0.3 is 35.5 Å². The Kier molecular flexibility index (Phi) is 7.05. The van der Waals surface area contributed by atoms with Crippen LogP contribution in [0.3, 0.4) is 0 Å². The van der Waals surface area contributed by atoms with Crippen molar-refractivity contribution in [1.29, 1.82) is 0 Å². The van der Waals surface area contributed by atoms with Crippen LogP contribution < -0.4 is 34.7 Å². The third-order valence-corrected chi connectivity index (χ3v) is 4.76. The molecule has 0 aliphatic rings. The summed E-state index contributed by atoms with van der Waals surface area (Å²) < 4.78 is 0. The van der Waals surface area contributed by atoms with Crippen LogP contribution in [0.15, 0.2) is 89.1 Å². The molecule has 0 fully saturated rings. The number of carbonyl (C=O) groups is 2. The number of carboxylic acids is 1. The number of aromatic carboxylic acids is 1. The number of nitrogens with zero attached hydrogens (tertiary/aromatic N) is 2. The van der Waals surface area contributed by atoms with E-state index in [-0.39, 0.29) is 63.4 Å². The molecule has 4 rings (SSSR count). The van der Waals surface area contributed by atoms with Gasteiger partial charge in [0.1, 0.15) is 11.4 Å². The quantitative estimate of drug-likeness (QED) is 0.283. The second kappa shape index (κ2) is 9.74. The van der Waals surface area contributed by atoms with Gasteiger partial charge in [-0.05, 0) is 23.6 Å². The molecule has 152 valence electrons. The molecule has 0 heterocycles. The maximum Gasteiger partial charge on any atom is 1.00 e. The summed E-state index contributed by atoms with van der Waals surface area (Å²) >= 11 is 0. The zero-order chi connectivity index (χ0) is 22.0.